The minimum absolute atomic E-state index is 0.0356. The predicted molar refractivity (Wildman–Crippen MR) is 138 cm³/mol. The highest BCUT2D eigenvalue weighted by Gasteiger charge is 2.55. The van der Waals surface area contributed by atoms with E-state index in [1.54, 1.807) is 12.1 Å². The molecule has 4 bridgehead atoms. The number of anilines is 1. The Kier molecular flexibility index (Phi) is 6.00. The van der Waals surface area contributed by atoms with Gasteiger partial charge in [-0.05, 0) is 86.1 Å². The third-order valence-electron chi connectivity index (χ3n) is 8.61. The fourth-order valence-corrected chi connectivity index (χ4v) is 8.09. The molecule has 5 fully saturated rings. The molecule has 34 heavy (non-hydrogen) atoms. The Labute approximate surface area is 216 Å². The maximum atomic E-state index is 14.3. The van der Waals surface area contributed by atoms with Crippen LogP contribution in [-0.2, 0) is 11.3 Å². The molecule has 180 valence electrons. The van der Waals surface area contributed by atoms with Crippen LogP contribution in [0.5, 0.6) is 0 Å². The van der Waals surface area contributed by atoms with Crippen LogP contribution in [0.4, 0.5) is 5.69 Å². The van der Waals surface area contributed by atoms with Crippen molar-refractivity contribution in [1.29, 1.82) is 0 Å². The number of hydrogen-bond acceptors (Lipinski definition) is 3. The van der Waals surface area contributed by atoms with E-state index in [0.717, 1.165) is 53.3 Å². The van der Waals surface area contributed by atoms with Gasteiger partial charge in [-0.1, -0.05) is 53.0 Å². The number of rotatable bonds is 5. The SMILES string of the molecule is O=C(C1CNN(c2cc(Cl)ccc2Cl)C1)N(Cc1ccccc1Cl)C12CC3CC(CC(C3)C1)C2. The first-order valence-corrected chi connectivity index (χ1v) is 13.5. The van der Waals surface area contributed by atoms with Crippen LogP contribution in [0.1, 0.15) is 44.1 Å². The van der Waals surface area contributed by atoms with Crippen molar-refractivity contribution in [2.75, 3.05) is 18.1 Å². The lowest BCUT2D eigenvalue weighted by Gasteiger charge is -2.60. The number of halogens is 3. The molecule has 4 nitrogen and oxygen atoms in total. The summed E-state index contributed by atoms with van der Waals surface area (Å²) in [5.74, 6) is 2.37. The Balaban J connectivity index is 1.29. The number of carbonyl (C=O) groups excluding carboxylic acids is 1. The topological polar surface area (TPSA) is 35.6 Å². The highest BCUT2D eigenvalue weighted by Crippen LogP contribution is 2.58. The van der Waals surface area contributed by atoms with Crippen LogP contribution in [0.15, 0.2) is 42.5 Å². The minimum Gasteiger partial charge on any atom is -0.332 e. The van der Waals surface area contributed by atoms with Crippen LogP contribution < -0.4 is 10.4 Å². The molecule has 0 aromatic heterocycles. The predicted octanol–water partition coefficient (Wildman–Crippen LogP) is 6.59. The highest BCUT2D eigenvalue weighted by molar-refractivity contribution is 6.35. The Morgan fingerprint density at radius 2 is 1.65 bits per heavy atom. The average Bonchev–Trinajstić information content (AvgIpc) is 3.29. The van der Waals surface area contributed by atoms with Crippen LogP contribution in [0.25, 0.3) is 0 Å². The molecule has 4 saturated carbocycles. The van der Waals surface area contributed by atoms with Gasteiger partial charge in [0.05, 0.1) is 16.6 Å². The van der Waals surface area contributed by atoms with Gasteiger partial charge in [0, 0.05) is 35.2 Å². The molecular weight excluding hydrogens is 489 g/mol. The normalized spacial score (nSPS) is 31.8. The molecule has 4 aliphatic carbocycles. The Morgan fingerprint density at radius 1 is 0.971 bits per heavy atom. The first-order chi connectivity index (χ1) is 16.4. The molecule has 1 amide bonds. The molecule has 1 heterocycles. The fraction of sp³-hybridized carbons (Fsp3) is 0.519. The van der Waals surface area contributed by atoms with E-state index >= 15 is 0 Å². The van der Waals surface area contributed by atoms with Gasteiger partial charge in [0.1, 0.15) is 0 Å². The molecule has 2 aromatic rings. The Morgan fingerprint density at radius 3 is 2.32 bits per heavy atom. The smallest absolute Gasteiger partial charge is 0.229 e. The minimum atomic E-state index is -0.148. The molecule has 1 N–H and O–H groups in total. The maximum Gasteiger partial charge on any atom is 0.229 e. The van der Waals surface area contributed by atoms with Crippen LogP contribution in [0.2, 0.25) is 15.1 Å². The lowest BCUT2D eigenvalue weighted by Crippen LogP contribution is -2.62. The highest BCUT2D eigenvalue weighted by atomic mass is 35.5. The molecule has 0 spiro atoms. The Bertz CT molecular complexity index is 1070. The lowest BCUT2D eigenvalue weighted by atomic mass is 9.52. The van der Waals surface area contributed by atoms with Crippen molar-refractivity contribution in [2.45, 2.75) is 50.6 Å². The van der Waals surface area contributed by atoms with Crippen molar-refractivity contribution in [2.24, 2.45) is 23.7 Å². The lowest BCUT2D eigenvalue weighted by molar-refractivity contribution is -0.155. The van der Waals surface area contributed by atoms with Crippen LogP contribution >= 0.6 is 34.8 Å². The summed E-state index contributed by atoms with van der Waals surface area (Å²) in [6, 6.07) is 13.4. The number of hydrazine groups is 1. The summed E-state index contributed by atoms with van der Waals surface area (Å²) in [4.78, 5) is 16.5. The van der Waals surface area contributed by atoms with Gasteiger partial charge >= 0.3 is 0 Å². The van der Waals surface area contributed by atoms with Crippen molar-refractivity contribution in [3.8, 4) is 0 Å². The number of hydrogen-bond donors (Lipinski definition) is 1. The van der Waals surface area contributed by atoms with Crippen LogP contribution in [0.3, 0.4) is 0 Å². The molecule has 5 aliphatic rings. The summed E-state index contributed by atoms with van der Waals surface area (Å²) in [7, 11) is 0. The van der Waals surface area contributed by atoms with E-state index in [9.17, 15) is 4.79 Å². The molecular formula is C27H30Cl3N3O. The quantitative estimate of drug-likeness (QED) is 0.485. The largest absolute Gasteiger partial charge is 0.332 e. The van der Waals surface area contributed by atoms with Crippen molar-refractivity contribution in [3.63, 3.8) is 0 Å². The number of nitrogens with one attached hydrogen (secondary N) is 1. The van der Waals surface area contributed by atoms with Crippen LogP contribution in [-0.4, -0.2) is 29.4 Å². The summed E-state index contributed by atoms with van der Waals surface area (Å²) in [6.45, 7) is 1.75. The summed E-state index contributed by atoms with van der Waals surface area (Å²) < 4.78 is 0. The molecule has 1 saturated heterocycles. The van der Waals surface area contributed by atoms with Gasteiger partial charge in [0.25, 0.3) is 0 Å². The van der Waals surface area contributed by atoms with E-state index in [1.165, 1.54) is 19.3 Å². The average molecular weight is 519 g/mol. The number of benzene rings is 2. The zero-order chi connectivity index (χ0) is 23.4. The third kappa shape index (κ3) is 4.11. The molecule has 1 aliphatic heterocycles. The fourth-order valence-electron chi connectivity index (χ4n) is 7.50. The second-order valence-electron chi connectivity index (χ2n) is 10.9. The van der Waals surface area contributed by atoms with Crippen molar-refractivity contribution < 1.29 is 4.79 Å². The molecule has 0 radical (unpaired) electrons. The third-order valence-corrected chi connectivity index (χ3v) is 9.53. The zero-order valence-corrected chi connectivity index (χ0v) is 21.4. The van der Waals surface area contributed by atoms with E-state index in [1.807, 2.05) is 29.3 Å². The standard InChI is InChI=1S/C27H30Cl3N3O/c28-22-5-6-24(30)25(10-22)33-16-21(14-31-33)26(34)32(15-20-3-1-2-4-23(20)29)27-11-17-7-18(12-27)9-19(8-17)13-27/h1-6,10,17-19,21,31H,7-9,11-16H2. The number of nitrogens with zero attached hydrogens (tertiary/aromatic N) is 2. The van der Waals surface area contributed by atoms with Crippen molar-refractivity contribution in [3.05, 3.63) is 63.1 Å². The van der Waals surface area contributed by atoms with Gasteiger partial charge < -0.3 is 9.91 Å². The van der Waals surface area contributed by atoms with Gasteiger partial charge in [0.2, 0.25) is 5.91 Å². The van der Waals surface area contributed by atoms with E-state index < -0.39 is 0 Å². The van der Waals surface area contributed by atoms with E-state index in [-0.39, 0.29) is 17.4 Å². The first-order valence-electron chi connectivity index (χ1n) is 12.4. The van der Waals surface area contributed by atoms with Gasteiger partial charge in [-0.25, -0.2) is 5.43 Å². The van der Waals surface area contributed by atoms with E-state index in [4.69, 9.17) is 34.8 Å². The molecule has 1 unspecified atom stereocenters. The summed E-state index contributed by atoms with van der Waals surface area (Å²) >= 11 is 19.3. The monoisotopic (exact) mass is 517 g/mol. The van der Waals surface area contributed by atoms with Gasteiger partial charge in [0.15, 0.2) is 0 Å². The second kappa shape index (κ2) is 8.89. The van der Waals surface area contributed by atoms with E-state index in [0.29, 0.717) is 29.7 Å². The Hall–Kier alpha value is -1.46. The molecule has 2 aromatic carbocycles. The van der Waals surface area contributed by atoms with Crippen molar-refractivity contribution in [1.82, 2.24) is 10.3 Å². The van der Waals surface area contributed by atoms with Crippen molar-refractivity contribution >= 4 is 46.4 Å². The first kappa shape index (κ1) is 23.0. The van der Waals surface area contributed by atoms with Gasteiger partial charge in [-0.3, -0.25) is 4.79 Å². The zero-order valence-electron chi connectivity index (χ0n) is 19.2. The summed E-state index contributed by atoms with van der Waals surface area (Å²) in [6.07, 6.45) is 7.45. The van der Waals surface area contributed by atoms with Gasteiger partial charge in [-0.15, -0.1) is 0 Å². The second-order valence-corrected chi connectivity index (χ2v) is 12.2. The summed E-state index contributed by atoms with van der Waals surface area (Å²) in [5.41, 5.74) is 5.21. The molecule has 1 atom stereocenters. The summed E-state index contributed by atoms with van der Waals surface area (Å²) in [5, 5.41) is 3.97. The molecule has 7 rings (SSSR count). The van der Waals surface area contributed by atoms with Gasteiger partial charge in [-0.2, -0.15) is 0 Å². The molecule has 7 heteroatoms. The van der Waals surface area contributed by atoms with Crippen LogP contribution in [0, 0.1) is 23.7 Å². The maximum absolute atomic E-state index is 14.3. The number of amides is 1. The van der Waals surface area contributed by atoms with E-state index in [2.05, 4.69) is 16.4 Å². The number of carbonyl (C=O) groups is 1.